The van der Waals surface area contributed by atoms with Crippen LogP contribution in [0.15, 0.2) is 29.8 Å². The van der Waals surface area contributed by atoms with E-state index in [4.69, 9.17) is 11.2 Å². The summed E-state index contributed by atoms with van der Waals surface area (Å²) in [5.74, 6) is 1.54. The van der Waals surface area contributed by atoms with Crippen LogP contribution in [0.25, 0.3) is 10.4 Å². The molecular weight excluding hydrogens is 552 g/mol. The van der Waals surface area contributed by atoms with Gasteiger partial charge in [-0.05, 0) is 42.7 Å². The smallest absolute Gasteiger partial charge is 0.246 e. The van der Waals surface area contributed by atoms with Gasteiger partial charge in [0.2, 0.25) is 17.7 Å². The van der Waals surface area contributed by atoms with Gasteiger partial charge in [0.1, 0.15) is 18.7 Å². The number of terminal acetylenes is 1. The lowest BCUT2D eigenvalue weighted by molar-refractivity contribution is -0.144. The number of hydrogen-bond donors (Lipinski definition) is 3. The first kappa shape index (κ1) is 33.2. The Morgan fingerprint density at radius 3 is 2.60 bits per heavy atom. The molecule has 1 aromatic heterocycles. The van der Waals surface area contributed by atoms with Crippen molar-refractivity contribution in [1.82, 2.24) is 20.5 Å². The molecule has 9 nitrogen and oxygen atoms in total. The number of unbranched alkanes of at least 4 members (excludes halogenated alkanes) is 2. The molecule has 3 N–H and O–H groups in total. The maximum atomic E-state index is 13.7. The summed E-state index contributed by atoms with van der Waals surface area (Å²) in [5.41, 5.74) is 4.44. The third-order valence-electron chi connectivity index (χ3n) is 7.34. The number of aromatic nitrogens is 1. The predicted molar refractivity (Wildman–Crippen MR) is 165 cm³/mol. The molecule has 1 aliphatic rings. The zero-order chi connectivity index (χ0) is 30.7. The number of carbonyl (C=O) groups excluding carboxylic acids is 3. The highest BCUT2D eigenvalue weighted by Crippen LogP contribution is 2.28. The van der Waals surface area contributed by atoms with E-state index in [1.54, 1.807) is 11.3 Å². The van der Waals surface area contributed by atoms with Crippen molar-refractivity contribution in [2.24, 2.45) is 5.41 Å². The molecule has 1 aliphatic heterocycles. The highest BCUT2D eigenvalue weighted by molar-refractivity contribution is 7.13. The highest BCUT2D eigenvalue weighted by Gasteiger charge is 2.44. The molecule has 2 heterocycles. The van der Waals surface area contributed by atoms with Gasteiger partial charge >= 0.3 is 0 Å². The zero-order valence-electron chi connectivity index (χ0n) is 25.2. The van der Waals surface area contributed by atoms with E-state index in [-0.39, 0.29) is 43.7 Å². The van der Waals surface area contributed by atoms with Crippen LogP contribution < -0.4 is 10.6 Å². The maximum Gasteiger partial charge on any atom is 0.246 e. The van der Waals surface area contributed by atoms with Crippen LogP contribution in [-0.2, 0) is 25.5 Å². The molecule has 228 valence electrons. The van der Waals surface area contributed by atoms with E-state index in [1.165, 1.54) is 4.90 Å². The Labute approximate surface area is 253 Å². The number of amides is 3. The standard InChI is InChI=1S/C32H44N4O5S/c1-6-17-41-18-9-7-8-10-27(38)35-29(32(3,4)5)31(40)36-20-25(37)19-26(36)30(39)33-16-15-23-11-13-24(14-12-23)28-22(2)34-21-42-28/h1,11-14,21,25-26,29,37H,7-10,15-20H2,2-5H3,(H,33,39)(H,35,38)/t25-,26-,29+/m0/s1. The molecule has 0 spiro atoms. The van der Waals surface area contributed by atoms with Gasteiger partial charge in [-0.3, -0.25) is 14.4 Å². The molecule has 0 bridgehead atoms. The third-order valence-corrected chi connectivity index (χ3v) is 8.31. The molecule has 1 saturated heterocycles. The molecule has 3 atom stereocenters. The van der Waals surface area contributed by atoms with Crippen molar-refractivity contribution in [2.75, 3.05) is 26.3 Å². The minimum absolute atomic E-state index is 0.0511. The predicted octanol–water partition coefficient (Wildman–Crippen LogP) is 3.48. The van der Waals surface area contributed by atoms with E-state index < -0.39 is 23.6 Å². The number of aliphatic hydroxyl groups excluding tert-OH is 1. The lowest BCUT2D eigenvalue weighted by Crippen LogP contribution is -2.57. The first-order chi connectivity index (χ1) is 20.0. The topological polar surface area (TPSA) is 121 Å². The van der Waals surface area contributed by atoms with Gasteiger partial charge in [-0.15, -0.1) is 17.8 Å². The summed E-state index contributed by atoms with van der Waals surface area (Å²) < 4.78 is 5.25. The third kappa shape index (κ3) is 9.65. The van der Waals surface area contributed by atoms with Crippen molar-refractivity contribution in [1.29, 1.82) is 0 Å². The van der Waals surface area contributed by atoms with Gasteiger partial charge in [0.05, 0.1) is 22.2 Å². The van der Waals surface area contributed by atoms with Gasteiger partial charge in [-0.1, -0.05) is 57.4 Å². The second-order valence-corrected chi connectivity index (χ2v) is 12.7. The monoisotopic (exact) mass is 596 g/mol. The van der Waals surface area contributed by atoms with Crippen LogP contribution in [0.3, 0.4) is 0 Å². The molecule has 0 aliphatic carbocycles. The zero-order valence-corrected chi connectivity index (χ0v) is 26.0. The number of nitrogens with one attached hydrogen (secondary N) is 2. The summed E-state index contributed by atoms with van der Waals surface area (Å²) in [6, 6.07) is 6.57. The van der Waals surface area contributed by atoms with Gasteiger partial charge in [0.25, 0.3) is 0 Å². The van der Waals surface area contributed by atoms with Gasteiger partial charge in [-0.2, -0.15) is 0 Å². The van der Waals surface area contributed by atoms with E-state index in [0.717, 1.165) is 34.5 Å². The van der Waals surface area contributed by atoms with E-state index in [1.807, 2.05) is 45.3 Å². The molecular formula is C32H44N4O5S. The minimum Gasteiger partial charge on any atom is -0.391 e. The van der Waals surface area contributed by atoms with Crippen LogP contribution in [0.1, 0.15) is 64.1 Å². The number of hydrogen-bond acceptors (Lipinski definition) is 7. The Hall–Kier alpha value is -3.26. The number of β-amino-alcohol motifs (C(OH)–C–C–N with tert-alkyl or cyclic N) is 1. The fourth-order valence-corrected chi connectivity index (χ4v) is 5.81. The number of benzene rings is 1. The number of nitrogens with zero attached hydrogens (tertiary/aromatic N) is 2. The number of aryl methyl sites for hydroxylation is 1. The number of thiazole rings is 1. The molecule has 1 fully saturated rings. The van der Waals surface area contributed by atoms with Crippen LogP contribution in [0.5, 0.6) is 0 Å². The number of carbonyl (C=O) groups is 3. The van der Waals surface area contributed by atoms with Crippen molar-refractivity contribution in [3.63, 3.8) is 0 Å². The molecule has 0 unspecified atom stereocenters. The molecule has 0 saturated carbocycles. The molecule has 3 rings (SSSR count). The van der Waals surface area contributed by atoms with Crippen LogP contribution in [0.2, 0.25) is 0 Å². The number of likely N-dealkylation sites (tertiary alicyclic amines) is 1. The van der Waals surface area contributed by atoms with Gasteiger partial charge < -0.3 is 25.4 Å². The van der Waals surface area contributed by atoms with E-state index >= 15 is 0 Å². The fraction of sp³-hybridized carbons (Fsp3) is 0.562. The number of aliphatic hydroxyl groups is 1. The Morgan fingerprint density at radius 1 is 1.21 bits per heavy atom. The van der Waals surface area contributed by atoms with Crippen molar-refractivity contribution < 1.29 is 24.2 Å². The largest absolute Gasteiger partial charge is 0.391 e. The highest BCUT2D eigenvalue weighted by atomic mass is 32.1. The normalized spacial score (nSPS) is 17.5. The van der Waals surface area contributed by atoms with Crippen molar-refractivity contribution in [3.8, 4) is 22.8 Å². The van der Waals surface area contributed by atoms with Crippen molar-refractivity contribution in [2.45, 2.75) is 84.4 Å². The fourth-order valence-electron chi connectivity index (χ4n) is 5.00. The lowest BCUT2D eigenvalue weighted by atomic mass is 9.85. The molecule has 2 aromatic rings. The first-order valence-corrected chi connectivity index (χ1v) is 15.5. The van der Waals surface area contributed by atoms with E-state index in [0.29, 0.717) is 26.0 Å². The van der Waals surface area contributed by atoms with Gasteiger partial charge in [-0.25, -0.2) is 4.98 Å². The van der Waals surface area contributed by atoms with E-state index in [9.17, 15) is 19.5 Å². The molecule has 42 heavy (non-hydrogen) atoms. The van der Waals surface area contributed by atoms with Crippen molar-refractivity contribution in [3.05, 3.63) is 41.0 Å². The Morgan fingerprint density at radius 2 is 1.95 bits per heavy atom. The van der Waals surface area contributed by atoms with Crippen LogP contribution >= 0.6 is 11.3 Å². The number of rotatable bonds is 14. The average Bonchev–Trinajstić information content (AvgIpc) is 3.56. The van der Waals surface area contributed by atoms with E-state index in [2.05, 4.69) is 33.7 Å². The summed E-state index contributed by atoms with van der Waals surface area (Å²) in [6.07, 6.45) is 7.71. The van der Waals surface area contributed by atoms with Gasteiger partial charge in [0.15, 0.2) is 0 Å². The molecule has 1 aromatic carbocycles. The maximum absolute atomic E-state index is 13.7. The summed E-state index contributed by atoms with van der Waals surface area (Å²) in [4.78, 5) is 46.5. The molecule has 10 heteroatoms. The van der Waals surface area contributed by atoms with Crippen LogP contribution in [0.4, 0.5) is 0 Å². The second kappa shape index (κ2) is 15.8. The minimum atomic E-state index is -0.828. The summed E-state index contributed by atoms with van der Waals surface area (Å²) in [5, 5.41) is 16.2. The quantitative estimate of drug-likeness (QED) is 0.227. The van der Waals surface area contributed by atoms with Crippen LogP contribution in [0, 0.1) is 24.7 Å². The Bertz CT molecular complexity index is 1230. The van der Waals surface area contributed by atoms with Crippen molar-refractivity contribution >= 4 is 29.1 Å². The summed E-state index contributed by atoms with van der Waals surface area (Å²) in [7, 11) is 0. The first-order valence-electron chi connectivity index (χ1n) is 14.6. The lowest BCUT2D eigenvalue weighted by Gasteiger charge is -2.35. The number of ether oxygens (including phenoxy) is 1. The second-order valence-electron chi connectivity index (χ2n) is 11.8. The SMILES string of the molecule is C#CCOCCCCCC(=O)N[C@H](C(=O)N1C[C@@H](O)C[C@H]1C(=O)NCCc1ccc(-c2scnc2C)cc1)C(C)(C)C. The molecule has 3 amide bonds. The Balaban J connectivity index is 1.53. The Kier molecular flexibility index (Phi) is 12.5. The summed E-state index contributed by atoms with van der Waals surface area (Å²) in [6.45, 7) is 8.90. The van der Waals surface area contributed by atoms with Crippen LogP contribution in [-0.4, -0.2) is 77.2 Å². The molecule has 0 radical (unpaired) electrons. The summed E-state index contributed by atoms with van der Waals surface area (Å²) >= 11 is 1.61. The average molecular weight is 597 g/mol. The van der Waals surface area contributed by atoms with Gasteiger partial charge in [0, 0.05) is 32.5 Å².